The molecule has 1 saturated heterocycles. The molecule has 2 nitrogen and oxygen atoms in total. The molecule has 0 radical (unpaired) electrons. The van der Waals surface area contributed by atoms with Crippen molar-refractivity contribution in [1.29, 1.82) is 0 Å². The largest absolute Gasteiger partial charge is 0.368 e. The van der Waals surface area contributed by atoms with Gasteiger partial charge in [-0.2, -0.15) is 0 Å². The highest BCUT2D eigenvalue weighted by molar-refractivity contribution is 9.10. The molecule has 1 atom stereocenters. The van der Waals surface area contributed by atoms with Gasteiger partial charge in [-0.3, -0.25) is 0 Å². The maximum atomic E-state index is 6.41. The maximum absolute atomic E-state index is 6.41. The molecular weight excluding hydrogens is 324 g/mol. The molecule has 1 saturated carbocycles. The van der Waals surface area contributed by atoms with Crippen molar-refractivity contribution in [3.63, 3.8) is 0 Å². The van der Waals surface area contributed by atoms with E-state index >= 15 is 0 Å². The molecule has 1 aromatic rings. The summed E-state index contributed by atoms with van der Waals surface area (Å²) in [5.74, 6) is 0.835. The Hall–Kier alpha value is -0.250. The van der Waals surface area contributed by atoms with Gasteiger partial charge in [-0.25, -0.2) is 0 Å². The number of rotatable bonds is 2. The molecule has 0 bridgehead atoms. The predicted molar refractivity (Wildman–Crippen MR) is 85.1 cm³/mol. The van der Waals surface area contributed by atoms with Gasteiger partial charge >= 0.3 is 0 Å². The standard InChI is InChI=1S/C15H20BrClN2/c1-15(11-3-4-11)10-19(8-2-7-18-15)14-6-5-12(16)9-13(14)17/h5-6,9,11,18H,2-4,7-8,10H2,1H3. The van der Waals surface area contributed by atoms with Crippen molar-refractivity contribution in [2.45, 2.75) is 31.7 Å². The van der Waals surface area contributed by atoms with Crippen LogP contribution in [0.1, 0.15) is 26.2 Å². The van der Waals surface area contributed by atoms with E-state index in [1.54, 1.807) is 0 Å². The lowest BCUT2D eigenvalue weighted by atomic mass is 9.95. The van der Waals surface area contributed by atoms with Crippen LogP contribution in [-0.4, -0.2) is 25.2 Å². The van der Waals surface area contributed by atoms with E-state index in [-0.39, 0.29) is 5.54 Å². The zero-order valence-electron chi connectivity index (χ0n) is 11.3. The molecular formula is C15H20BrClN2. The Kier molecular flexibility index (Phi) is 3.80. The first kappa shape index (κ1) is 13.7. The molecule has 2 aliphatic rings. The van der Waals surface area contributed by atoms with Gasteiger partial charge in [0.2, 0.25) is 0 Å². The van der Waals surface area contributed by atoms with E-state index in [0.29, 0.717) is 0 Å². The average Bonchev–Trinajstić information content (AvgIpc) is 3.16. The molecule has 104 valence electrons. The zero-order chi connectivity index (χ0) is 13.5. The van der Waals surface area contributed by atoms with Crippen LogP contribution >= 0.6 is 27.5 Å². The summed E-state index contributed by atoms with van der Waals surface area (Å²) in [5.41, 5.74) is 1.41. The van der Waals surface area contributed by atoms with Crippen LogP contribution in [-0.2, 0) is 0 Å². The average molecular weight is 344 g/mol. The molecule has 1 aliphatic carbocycles. The summed E-state index contributed by atoms with van der Waals surface area (Å²) >= 11 is 9.89. The first-order valence-corrected chi connectivity index (χ1v) is 8.21. The molecule has 1 N–H and O–H groups in total. The van der Waals surface area contributed by atoms with E-state index in [1.807, 2.05) is 6.07 Å². The van der Waals surface area contributed by atoms with E-state index in [1.165, 1.54) is 24.9 Å². The highest BCUT2D eigenvalue weighted by Crippen LogP contribution is 2.41. The zero-order valence-corrected chi connectivity index (χ0v) is 13.6. The highest BCUT2D eigenvalue weighted by atomic mass is 79.9. The fourth-order valence-electron chi connectivity index (χ4n) is 3.11. The van der Waals surface area contributed by atoms with Crippen LogP contribution in [0.25, 0.3) is 0 Å². The second-order valence-electron chi connectivity index (χ2n) is 5.99. The van der Waals surface area contributed by atoms with Crippen LogP contribution in [0.15, 0.2) is 22.7 Å². The minimum Gasteiger partial charge on any atom is -0.368 e. The summed E-state index contributed by atoms with van der Waals surface area (Å²) in [6, 6.07) is 6.20. The molecule has 19 heavy (non-hydrogen) atoms. The van der Waals surface area contributed by atoms with E-state index < -0.39 is 0 Å². The fourth-order valence-corrected chi connectivity index (χ4v) is 3.91. The van der Waals surface area contributed by atoms with Gasteiger partial charge in [0.1, 0.15) is 0 Å². The molecule has 1 unspecified atom stereocenters. The van der Waals surface area contributed by atoms with Gasteiger partial charge in [0.05, 0.1) is 10.7 Å². The van der Waals surface area contributed by atoms with Crippen LogP contribution in [0, 0.1) is 5.92 Å². The SMILES string of the molecule is CC1(C2CC2)CN(c2ccc(Br)cc2Cl)CCCN1. The number of nitrogens with one attached hydrogen (secondary N) is 1. The Balaban J connectivity index is 1.86. The summed E-state index contributed by atoms with van der Waals surface area (Å²) in [6.45, 7) is 5.61. The minimum atomic E-state index is 0.243. The van der Waals surface area contributed by atoms with Crippen LogP contribution in [0.3, 0.4) is 0 Å². The van der Waals surface area contributed by atoms with Gasteiger partial charge in [-0.1, -0.05) is 27.5 Å². The lowest BCUT2D eigenvalue weighted by Crippen LogP contribution is -2.51. The molecule has 0 spiro atoms. The third-order valence-electron chi connectivity index (χ3n) is 4.38. The summed E-state index contributed by atoms with van der Waals surface area (Å²) in [6.07, 6.45) is 3.91. The molecule has 1 aliphatic heterocycles. The Morgan fingerprint density at radius 3 is 2.89 bits per heavy atom. The van der Waals surface area contributed by atoms with Crippen molar-refractivity contribution < 1.29 is 0 Å². The smallest absolute Gasteiger partial charge is 0.0650 e. The van der Waals surface area contributed by atoms with E-state index in [2.05, 4.69) is 45.2 Å². The van der Waals surface area contributed by atoms with Crippen LogP contribution in [0.5, 0.6) is 0 Å². The van der Waals surface area contributed by atoms with Crippen molar-refractivity contribution in [1.82, 2.24) is 5.32 Å². The lowest BCUT2D eigenvalue weighted by Gasteiger charge is -2.35. The van der Waals surface area contributed by atoms with Crippen LogP contribution < -0.4 is 10.2 Å². The highest BCUT2D eigenvalue weighted by Gasteiger charge is 2.43. The summed E-state index contributed by atoms with van der Waals surface area (Å²) < 4.78 is 1.04. The number of hydrogen-bond donors (Lipinski definition) is 1. The van der Waals surface area contributed by atoms with Crippen LogP contribution in [0.4, 0.5) is 5.69 Å². The second-order valence-corrected chi connectivity index (χ2v) is 7.31. The lowest BCUT2D eigenvalue weighted by molar-refractivity contribution is 0.331. The summed E-state index contributed by atoms with van der Waals surface area (Å²) in [4.78, 5) is 2.45. The van der Waals surface area contributed by atoms with Gasteiger partial charge in [0.15, 0.2) is 0 Å². The molecule has 1 heterocycles. The molecule has 4 heteroatoms. The molecule has 1 aromatic carbocycles. The summed E-state index contributed by atoms with van der Waals surface area (Å²) in [7, 11) is 0. The molecule has 2 fully saturated rings. The number of halogens is 2. The molecule has 0 amide bonds. The number of nitrogens with zero attached hydrogens (tertiary/aromatic N) is 1. The third-order valence-corrected chi connectivity index (χ3v) is 5.18. The maximum Gasteiger partial charge on any atom is 0.0650 e. The van der Waals surface area contributed by atoms with E-state index in [9.17, 15) is 0 Å². The predicted octanol–water partition coefficient (Wildman–Crippen LogP) is 4.07. The summed E-state index contributed by atoms with van der Waals surface area (Å²) in [5, 5.41) is 4.60. The first-order valence-electron chi connectivity index (χ1n) is 7.03. The Morgan fingerprint density at radius 1 is 1.42 bits per heavy atom. The van der Waals surface area contributed by atoms with Crippen molar-refractivity contribution in [3.8, 4) is 0 Å². The van der Waals surface area contributed by atoms with Crippen LogP contribution in [0.2, 0.25) is 5.02 Å². The van der Waals surface area contributed by atoms with Crippen molar-refractivity contribution in [2.75, 3.05) is 24.5 Å². The number of benzene rings is 1. The minimum absolute atomic E-state index is 0.243. The number of hydrogen-bond acceptors (Lipinski definition) is 2. The van der Waals surface area contributed by atoms with Gasteiger partial charge < -0.3 is 10.2 Å². The van der Waals surface area contributed by atoms with Gasteiger partial charge in [-0.15, -0.1) is 0 Å². The van der Waals surface area contributed by atoms with Gasteiger partial charge in [-0.05, 0) is 56.8 Å². The number of anilines is 1. The molecule has 3 rings (SSSR count). The van der Waals surface area contributed by atoms with Gasteiger partial charge in [0, 0.05) is 23.1 Å². The quantitative estimate of drug-likeness (QED) is 0.871. The van der Waals surface area contributed by atoms with E-state index in [0.717, 1.165) is 35.0 Å². The fraction of sp³-hybridized carbons (Fsp3) is 0.600. The second kappa shape index (κ2) is 5.27. The Bertz CT molecular complexity index is 475. The van der Waals surface area contributed by atoms with E-state index in [4.69, 9.17) is 11.6 Å². The Morgan fingerprint density at radius 2 is 2.21 bits per heavy atom. The van der Waals surface area contributed by atoms with Crippen molar-refractivity contribution >= 4 is 33.2 Å². The molecule has 0 aromatic heterocycles. The van der Waals surface area contributed by atoms with Gasteiger partial charge in [0.25, 0.3) is 0 Å². The van der Waals surface area contributed by atoms with Crippen molar-refractivity contribution in [3.05, 3.63) is 27.7 Å². The monoisotopic (exact) mass is 342 g/mol. The normalized spacial score (nSPS) is 28.3. The Labute approximate surface area is 128 Å². The topological polar surface area (TPSA) is 15.3 Å². The van der Waals surface area contributed by atoms with Crippen molar-refractivity contribution in [2.24, 2.45) is 5.92 Å². The third kappa shape index (κ3) is 2.93. The first-order chi connectivity index (χ1) is 9.08.